The Hall–Kier alpha value is -5.20. The third-order valence-electron chi connectivity index (χ3n) is 7.37. The topological polar surface area (TPSA) is 193 Å². The van der Waals surface area contributed by atoms with Gasteiger partial charge in [0.15, 0.2) is 0 Å². The maximum atomic E-state index is 13.6. The first kappa shape index (κ1) is 37.3. The molecule has 13 heteroatoms. The number of carbonyl (C=O) groups is 5. The molecule has 5 N–H and O–H groups in total. The van der Waals surface area contributed by atoms with E-state index >= 15 is 0 Å². The Balaban J connectivity index is 1.74. The fraction of sp³-hybridized carbons (Fsp3) is 0.429. The third kappa shape index (κ3) is 11.9. The number of rotatable bonds is 16. The average Bonchev–Trinajstić information content (AvgIpc) is 3.00. The molecular weight excluding hydrogens is 620 g/mol. The predicted molar refractivity (Wildman–Crippen MR) is 179 cm³/mol. The molecule has 13 nitrogen and oxygen atoms in total. The highest BCUT2D eigenvalue weighted by Gasteiger charge is 2.31. The highest BCUT2D eigenvalue weighted by atomic mass is 16.5. The molecule has 0 unspecified atom stereocenters. The largest absolute Gasteiger partial charge is 0.481 e. The number of carboxylic acid groups (broad SMARTS) is 1. The maximum absolute atomic E-state index is 13.6. The molecule has 2 aromatic carbocycles. The number of hydrogen-bond acceptors (Lipinski definition) is 8. The van der Waals surface area contributed by atoms with Crippen molar-refractivity contribution >= 4 is 46.4 Å². The van der Waals surface area contributed by atoms with Crippen LogP contribution in [0.25, 0.3) is 11.0 Å². The number of amides is 4. The number of nitrogens with one attached hydrogen (secondary N) is 4. The van der Waals surface area contributed by atoms with E-state index in [0.717, 1.165) is 5.56 Å². The van der Waals surface area contributed by atoms with Gasteiger partial charge in [-0.2, -0.15) is 0 Å². The molecule has 0 aliphatic heterocycles. The van der Waals surface area contributed by atoms with Gasteiger partial charge in [-0.05, 0) is 61.3 Å². The van der Waals surface area contributed by atoms with Gasteiger partial charge in [0.2, 0.25) is 17.7 Å². The zero-order valence-electron chi connectivity index (χ0n) is 27.8. The number of carbonyl (C=O) groups excluding carboxylic acids is 4. The lowest BCUT2D eigenvalue weighted by Crippen LogP contribution is -2.56. The summed E-state index contributed by atoms with van der Waals surface area (Å²) < 4.78 is 10.5. The molecule has 4 amide bonds. The quantitative estimate of drug-likeness (QED) is 0.139. The molecule has 0 aliphatic carbocycles. The van der Waals surface area contributed by atoms with E-state index < -0.39 is 60.0 Å². The zero-order valence-corrected chi connectivity index (χ0v) is 27.8. The molecule has 0 bridgehead atoms. The fourth-order valence-corrected chi connectivity index (χ4v) is 5.03. The van der Waals surface area contributed by atoms with Crippen LogP contribution in [0.3, 0.4) is 0 Å². The molecule has 0 saturated heterocycles. The number of carboxylic acids is 1. The lowest BCUT2D eigenvalue weighted by molar-refractivity contribution is -0.137. The monoisotopic (exact) mass is 664 g/mol. The van der Waals surface area contributed by atoms with Crippen molar-refractivity contribution in [3.63, 3.8) is 0 Å². The van der Waals surface area contributed by atoms with E-state index in [0.29, 0.717) is 10.9 Å². The van der Waals surface area contributed by atoms with Crippen molar-refractivity contribution in [1.82, 2.24) is 16.0 Å². The number of anilines is 1. The van der Waals surface area contributed by atoms with E-state index in [9.17, 15) is 33.9 Å². The average molecular weight is 665 g/mol. The predicted octanol–water partition coefficient (Wildman–Crippen LogP) is 4.26. The van der Waals surface area contributed by atoms with Gasteiger partial charge in [-0.3, -0.25) is 19.2 Å². The lowest BCUT2D eigenvalue weighted by atomic mass is 9.99. The Morgan fingerprint density at radius 2 is 1.40 bits per heavy atom. The summed E-state index contributed by atoms with van der Waals surface area (Å²) in [5.74, 6) is -3.23. The van der Waals surface area contributed by atoms with E-state index in [1.54, 1.807) is 31.2 Å². The third-order valence-corrected chi connectivity index (χ3v) is 7.37. The molecule has 1 aromatic heterocycles. The first-order valence-corrected chi connectivity index (χ1v) is 15.9. The minimum absolute atomic E-state index is 0.00342. The molecule has 258 valence electrons. The van der Waals surface area contributed by atoms with Crippen LogP contribution in [0.15, 0.2) is 63.8 Å². The number of ether oxygens (including phenoxy) is 1. The van der Waals surface area contributed by atoms with Crippen LogP contribution in [0.5, 0.6) is 0 Å². The molecule has 0 fully saturated rings. The fourth-order valence-electron chi connectivity index (χ4n) is 5.03. The molecule has 1 heterocycles. The van der Waals surface area contributed by atoms with Crippen LogP contribution < -0.4 is 26.9 Å². The molecule has 3 aromatic rings. The van der Waals surface area contributed by atoms with Crippen molar-refractivity contribution in [3.8, 4) is 0 Å². The van der Waals surface area contributed by atoms with Crippen molar-refractivity contribution in [3.05, 3.63) is 76.1 Å². The van der Waals surface area contributed by atoms with E-state index in [2.05, 4.69) is 21.3 Å². The van der Waals surface area contributed by atoms with Crippen molar-refractivity contribution < 1.29 is 38.2 Å². The van der Waals surface area contributed by atoms with Gasteiger partial charge in [0, 0.05) is 29.6 Å². The lowest BCUT2D eigenvalue weighted by Gasteiger charge is -2.26. The molecule has 3 rings (SSSR count). The Bertz CT molecular complexity index is 1650. The van der Waals surface area contributed by atoms with Gasteiger partial charge in [0.05, 0.1) is 0 Å². The molecule has 3 atom stereocenters. The van der Waals surface area contributed by atoms with Gasteiger partial charge >= 0.3 is 17.7 Å². The minimum atomic E-state index is -1.28. The Labute approximate surface area is 278 Å². The SMILES string of the molecule is Cc1cc(=O)oc2cc(NC(=O)[C@H](CCC(=O)O)NC(=O)[C@H](CC(C)C)NC(=O)[C@H](CC(C)C)NC(=O)OCc3ccccc3)ccc12. The van der Waals surface area contributed by atoms with E-state index in [1.807, 2.05) is 45.9 Å². The van der Waals surface area contributed by atoms with Crippen molar-refractivity contribution in [2.45, 2.75) is 85.0 Å². The van der Waals surface area contributed by atoms with Gasteiger partial charge < -0.3 is 35.5 Å². The van der Waals surface area contributed by atoms with Crippen molar-refractivity contribution in [2.75, 3.05) is 5.32 Å². The summed E-state index contributed by atoms with van der Waals surface area (Å²) in [6.45, 7) is 9.23. The van der Waals surface area contributed by atoms with Crippen LogP contribution in [0.2, 0.25) is 0 Å². The molecule has 48 heavy (non-hydrogen) atoms. The Morgan fingerprint density at radius 1 is 0.792 bits per heavy atom. The Kier molecular flexibility index (Phi) is 13.7. The summed E-state index contributed by atoms with van der Waals surface area (Å²) in [6.07, 6.45) is -0.991. The highest BCUT2D eigenvalue weighted by Crippen LogP contribution is 2.21. The number of aryl methyl sites for hydroxylation is 1. The Morgan fingerprint density at radius 3 is 2.00 bits per heavy atom. The number of hydrogen-bond donors (Lipinski definition) is 5. The standard InChI is InChI=1S/C35H44N4O9/c1-20(2)15-27(38-34(45)28(16-21(3)4)39-35(46)47-19-23-9-7-6-8-10-23)33(44)37-26(13-14-30(40)41)32(43)36-24-11-12-25-22(5)17-31(42)48-29(25)18-24/h6-12,17-18,20-21,26-28H,13-16,19H2,1-5H3,(H,36,43)(H,37,44)(H,38,45)(H,39,46)(H,40,41)/t26-,27-,28-/m0/s1. The van der Waals surface area contributed by atoms with Crippen LogP contribution in [0.4, 0.5) is 10.5 Å². The summed E-state index contributed by atoms with van der Waals surface area (Å²) in [4.78, 5) is 76.3. The highest BCUT2D eigenvalue weighted by molar-refractivity contribution is 6.00. The van der Waals surface area contributed by atoms with Crippen LogP contribution >= 0.6 is 0 Å². The first-order valence-electron chi connectivity index (χ1n) is 15.9. The van der Waals surface area contributed by atoms with Crippen LogP contribution in [-0.2, 0) is 30.5 Å². The summed E-state index contributed by atoms with van der Waals surface area (Å²) in [5.41, 5.74) is 1.43. The van der Waals surface area contributed by atoms with Gasteiger partial charge in [0.25, 0.3) is 0 Å². The van der Waals surface area contributed by atoms with Gasteiger partial charge in [0.1, 0.15) is 30.3 Å². The van der Waals surface area contributed by atoms with E-state index in [-0.39, 0.29) is 49.0 Å². The van der Waals surface area contributed by atoms with Crippen molar-refractivity contribution in [1.29, 1.82) is 0 Å². The van der Waals surface area contributed by atoms with Crippen molar-refractivity contribution in [2.24, 2.45) is 11.8 Å². The second-order valence-electron chi connectivity index (χ2n) is 12.5. The minimum Gasteiger partial charge on any atom is -0.481 e. The van der Waals surface area contributed by atoms with Crippen LogP contribution in [0.1, 0.15) is 64.5 Å². The molecule has 0 spiro atoms. The number of benzene rings is 2. The summed E-state index contributed by atoms with van der Waals surface area (Å²) >= 11 is 0. The normalized spacial score (nSPS) is 13.0. The number of alkyl carbamates (subject to hydrolysis) is 1. The molecule has 0 aliphatic rings. The first-order chi connectivity index (χ1) is 22.7. The molecule has 0 saturated carbocycles. The van der Waals surface area contributed by atoms with Gasteiger partial charge in [-0.1, -0.05) is 58.0 Å². The second-order valence-corrected chi connectivity index (χ2v) is 12.5. The molecule has 0 radical (unpaired) electrons. The maximum Gasteiger partial charge on any atom is 0.408 e. The summed E-state index contributed by atoms with van der Waals surface area (Å²) in [7, 11) is 0. The van der Waals surface area contributed by atoms with E-state index in [1.165, 1.54) is 12.1 Å². The van der Waals surface area contributed by atoms with Gasteiger partial charge in [-0.15, -0.1) is 0 Å². The smallest absolute Gasteiger partial charge is 0.408 e. The molecular formula is C35H44N4O9. The number of aliphatic carboxylic acids is 1. The zero-order chi connectivity index (χ0) is 35.4. The summed E-state index contributed by atoms with van der Waals surface area (Å²) in [6, 6.07) is 11.7. The van der Waals surface area contributed by atoms with Crippen LogP contribution in [0, 0.1) is 18.8 Å². The number of fused-ring (bicyclic) bond motifs is 1. The van der Waals surface area contributed by atoms with Gasteiger partial charge in [-0.25, -0.2) is 9.59 Å². The second kappa shape index (κ2) is 17.6. The summed E-state index contributed by atoms with van der Waals surface area (Å²) in [5, 5.41) is 20.5. The van der Waals surface area contributed by atoms with Crippen LogP contribution in [-0.4, -0.2) is 53.0 Å². The van der Waals surface area contributed by atoms with E-state index in [4.69, 9.17) is 9.15 Å².